The molecule has 2 fully saturated rings. The van der Waals surface area contributed by atoms with Gasteiger partial charge in [-0.2, -0.15) is 0 Å². The number of hydrogen-bond acceptors (Lipinski definition) is 7. The van der Waals surface area contributed by atoms with E-state index in [1.54, 1.807) is 24.3 Å². The molecule has 2 atom stereocenters. The lowest BCUT2D eigenvalue weighted by Gasteiger charge is -2.35. The van der Waals surface area contributed by atoms with E-state index in [1.807, 2.05) is 4.90 Å². The normalized spacial score (nSPS) is 21.0. The predicted molar refractivity (Wildman–Crippen MR) is 110 cm³/mol. The van der Waals surface area contributed by atoms with Gasteiger partial charge in [-0.25, -0.2) is 4.79 Å². The maximum Gasteiger partial charge on any atom is 0.348 e. The van der Waals surface area contributed by atoms with Crippen LogP contribution in [0.15, 0.2) is 24.3 Å². The number of nitrogens with zero attached hydrogens (tertiary/aromatic N) is 3. The van der Waals surface area contributed by atoms with Crippen LogP contribution in [0.4, 0.5) is 5.69 Å². The third-order valence-corrected chi connectivity index (χ3v) is 5.47. The lowest BCUT2D eigenvalue weighted by Crippen LogP contribution is -2.55. The Balaban J connectivity index is 1.70. The second kappa shape index (κ2) is 9.88. The number of likely N-dealkylation sites (N-methyl/N-ethyl adjacent to an activating group) is 1. The van der Waals surface area contributed by atoms with Gasteiger partial charge in [-0.15, -0.1) is 0 Å². The number of esters is 1. The van der Waals surface area contributed by atoms with Gasteiger partial charge in [0.2, 0.25) is 6.10 Å². The molecule has 2 aliphatic rings. The summed E-state index contributed by atoms with van der Waals surface area (Å²) in [6.45, 7) is 7.46. The Kier molecular flexibility index (Phi) is 7.24. The molecule has 1 N–H and O–H groups in total. The second-order valence-electron chi connectivity index (χ2n) is 7.42. The standard InChI is InChI=1S/C21H27N3O7/c1-3-22-8-10-23(11-9-22)19(26)15-4-6-16(7-5-15)24-12-13-30-17(20(24)27)18(21(28)29)31-14(2)25/h4-7,17-18H,3,8-13H2,1-2H3,(H,28,29)/t17-,18-/m1/s1. The fraction of sp³-hybridized carbons (Fsp3) is 0.524. The Hall–Kier alpha value is -2.98. The molecule has 2 amide bonds. The first kappa shape index (κ1) is 22.7. The van der Waals surface area contributed by atoms with Crippen LogP contribution in [0.3, 0.4) is 0 Å². The number of carbonyl (C=O) groups is 4. The summed E-state index contributed by atoms with van der Waals surface area (Å²) in [5.74, 6) is -2.95. The van der Waals surface area contributed by atoms with Crippen LogP contribution in [0.25, 0.3) is 0 Å². The molecule has 0 spiro atoms. The number of rotatable bonds is 6. The molecule has 10 nitrogen and oxygen atoms in total. The van der Waals surface area contributed by atoms with Crippen LogP contribution in [0.2, 0.25) is 0 Å². The van der Waals surface area contributed by atoms with Crippen molar-refractivity contribution in [3.05, 3.63) is 29.8 Å². The van der Waals surface area contributed by atoms with E-state index in [9.17, 15) is 24.3 Å². The monoisotopic (exact) mass is 433 g/mol. The summed E-state index contributed by atoms with van der Waals surface area (Å²) >= 11 is 0. The molecule has 168 valence electrons. The van der Waals surface area contributed by atoms with E-state index in [4.69, 9.17) is 9.47 Å². The lowest BCUT2D eigenvalue weighted by atomic mass is 10.1. The number of aliphatic carboxylic acids is 1. The van der Waals surface area contributed by atoms with Crippen molar-refractivity contribution in [3.63, 3.8) is 0 Å². The van der Waals surface area contributed by atoms with Crippen LogP contribution < -0.4 is 4.90 Å². The van der Waals surface area contributed by atoms with E-state index >= 15 is 0 Å². The van der Waals surface area contributed by atoms with Gasteiger partial charge in [-0.1, -0.05) is 6.92 Å². The van der Waals surface area contributed by atoms with Crippen LogP contribution in [0.1, 0.15) is 24.2 Å². The minimum Gasteiger partial charge on any atom is -0.478 e. The lowest BCUT2D eigenvalue weighted by molar-refractivity contribution is -0.177. The molecule has 2 aliphatic heterocycles. The van der Waals surface area contributed by atoms with Crippen LogP contribution in [0, 0.1) is 0 Å². The number of carboxylic acids is 1. The van der Waals surface area contributed by atoms with E-state index in [2.05, 4.69) is 11.8 Å². The highest BCUT2D eigenvalue weighted by molar-refractivity contribution is 6.01. The number of anilines is 1. The number of morpholine rings is 1. The summed E-state index contributed by atoms with van der Waals surface area (Å²) in [5.41, 5.74) is 1.03. The Morgan fingerprint density at radius 3 is 2.32 bits per heavy atom. The molecule has 2 heterocycles. The molecule has 0 aromatic heterocycles. The molecule has 0 unspecified atom stereocenters. The third kappa shape index (κ3) is 5.20. The van der Waals surface area contributed by atoms with E-state index in [0.29, 0.717) is 24.3 Å². The van der Waals surface area contributed by atoms with Gasteiger partial charge >= 0.3 is 11.9 Å². The van der Waals surface area contributed by atoms with Gasteiger partial charge in [0.15, 0.2) is 6.10 Å². The van der Waals surface area contributed by atoms with E-state index in [-0.39, 0.29) is 19.1 Å². The highest BCUT2D eigenvalue weighted by atomic mass is 16.6. The third-order valence-electron chi connectivity index (χ3n) is 5.47. The molecule has 31 heavy (non-hydrogen) atoms. The van der Waals surface area contributed by atoms with Crippen molar-refractivity contribution < 1.29 is 33.8 Å². The summed E-state index contributed by atoms with van der Waals surface area (Å²) in [6.07, 6.45) is -3.17. The SMILES string of the molecule is CCN1CCN(C(=O)c2ccc(N3CCO[C@H]([C@@H](OC(C)=O)C(=O)O)C3=O)cc2)CC1. The van der Waals surface area contributed by atoms with Crippen molar-refractivity contribution in [1.82, 2.24) is 9.80 Å². The Bertz CT molecular complexity index is 834. The van der Waals surface area contributed by atoms with Crippen molar-refractivity contribution in [1.29, 1.82) is 0 Å². The van der Waals surface area contributed by atoms with Crippen LogP contribution >= 0.6 is 0 Å². The van der Waals surface area contributed by atoms with Gasteiger partial charge in [0.1, 0.15) is 0 Å². The molecule has 0 radical (unpaired) electrons. The molecule has 1 aromatic carbocycles. The zero-order chi connectivity index (χ0) is 22.5. The fourth-order valence-corrected chi connectivity index (χ4v) is 3.73. The van der Waals surface area contributed by atoms with Crippen LogP contribution in [-0.4, -0.2) is 96.7 Å². The van der Waals surface area contributed by atoms with Gasteiger partial charge in [-0.3, -0.25) is 14.4 Å². The summed E-state index contributed by atoms with van der Waals surface area (Å²) < 4.78 is 10.1. The van der Waals surface area contributed by atoms with Crippen molar-refractivity contribution in [2.75, 3.05) is 50.8 Å². The quantitative estimate of drug-likeness (QED) is 0.633. The van der Waals surface area contributed by atoms with Crippen LogP contribution in [0.5, 0.6) is 0 Å². The second-order valence-corrected chi connectivity index (χ2v) is 7.42. The Labute approximate surface area is 180 Å². The molecule has 0 saturated carbocycles. The molecular formula is C21H27N3O7. The fourth-order valence-electron chi connectivity index (χ4n) is 3.73. The van der Waals surface area contributed by atoms with Crippen molar-refractivity contribution in [2.24, 2.45) is 0 Å². The maximum absolute atomic E-state index is 12.8. The molecule has 0 aliphatic carbocycles. The molecule has 3 rings (SSSR count). The largest absolute Gasteiger partial charge is 0.478 e. The van der Waals surface area contributed by atoms with Crippen molar-refractivity contribution in [2.45, 2.75) is 26.1 Å². The summed E-state index contributed by atoms with van der Waals surface area (Å²) in [5, 5.41) is 9.33. The van der Waals surface area contributed by atoms with Gasteiger partial charge in [0.05, 0.1) is 6.61 Å². The summed E-state index contributed by atoms with van der Waals surface area (Å²) in [6, 6.07) is 6.61. The zero-order valence-corrected chi connectivity index (χ0v) is 17.7. The van der Waals surface area contributed by atoms with Crippen LogP contribution in [-0.2, 0) is 23.9 Å². The predicted octanol–water partition coefficient (Wildman–Crippen LogP) is 0.212. The maximum atomic E-state index is 12.8. The molecule has 0 bridgehead atoms. The number of carbonyl (C=O) groups excluding carboxylic acids is 3. The Morgan fingerprint density at radius 1 is 1.13 bits per heavy atom. The number of amides is 2. The smallest absolute Gasteiger partial charge is 0.348 e. The molecule has 10 heteroatoms. The van der Waals surface area contributed by atoms with E-state index < -0.39 is 30.1 Å². The number of hydrogen-bond donors (Lipinski definition) is 1. The Morgan fingerprint density at radius 2 is 1.77 bits per heavy atom. The van der Waals surface area contributed by atoms with Gasteiger partial charge < -0.3 is 29.3 Å². The van der Waals surface area contributed by atoms with Gasteiger partial charge in [-0.05, 0) is 30.8 Å². The summed E-state index contributed by atoms with van der Waals surface area (Å²) in [7, 11) is 0. The minimum absolute atomic E-state index is 0.0608. The number of piperazine rings is 1. The van der Waals surface area contributed by atoms with Gasteiger partial charge in [0, 0.05) is 50.9 Å². The molecule has 1 aromatic rings. The zero-order valence-electron chi connectivity index (χ0n) is 17.7. The molecule has 2 saturated heterocycles. The number of benzene rings is 1. The minimum atomic E-state index is -1.73. The topological polar surface area (TPSA) is 117 Å². The molecular weight excluding hydrogens is 406 g/mol. The highest BCUT2D eigenvalue weighted by Crippen LogP contribution is 2.23. The van der Waals surface area contributed by atoms with Crippen molar-refractivity contribution >= 4 is 29.4 Å². The summed E-state index contributed by atoms with van der Waals surface area (Å²) in [4.78, 5) is 53.8. The van der Waals surface area contributed by atoms with E-state index in [1.165, 1.54) is 4.90 Å². The first-order valence-electron chi connectivity index (χ1n) is 10.3. The van der Waals surface area contributed by atoms with Crippen molar-refractivity contribution in [3.8, 4) is 0 Å². The van der Waals surface area contributed by atoms with Gasteiger partial charge in [0.25, 0.3) is 11.8 Å². The van der Waals surface area contributed by atoms with E-state index in [0.717, 1.165) is 26.6 Å². The first-order chi connectivity index (χ1) is 14.8. The first-order valence-corrected chi connectivity index (χ1v) is 10.3. The average Bonchev–Trinajstić information content (AvgIpc) is 2.77. The number of ether oxygens (including phenoxy) is 2. The number of carboxylic acid groups (broad SMARTS) is 1. The average molecular weight is 433 g/mol. The highest BCUT2D eigenvalue weighted by Gasteiger charge is 2.42.